The summed E-state index contributed by atoms with van der Waals surface area (Å²) in [6, 6.07) is 8.06. The molecule has 0 radical (unpaired) electrons. The van der Waals surface area contributed by atoms with Gasteiger partial charge in [0.1, 0.15) is 0 Å². The fourth-order valence-corrected chi connectivity index (χ4v) is 2.37. The van der Waals surface area contributed by atoms with E-state index in [0.29, 0.717) is 0 Å². The van der Waals surface area contributed by atoms with Gasteiger partial charge >= 0.3 is 0 Å². The number of rotatable bonds is 2. The lowest BCUT2D eigenvalue weighted by atomic mass is 9.94. The van der Waals surface area contributed by atoms with Gasteiger partial charge in [-0.2, -0.15) is 0 Å². The van der Waals surface area contributed by atoms with E-state index in [4.69, 9.17) is 0 Å². The van der Waals surface area contributed by atoms with E-state index in [-0.39, 0.29) is 5.78 Å². The molecule has 0 aliphatic heterocycles. The van der Waals surface area contributed by atoms with Crippen molar-refractivity contribution in [2.24, 2.45) is 0 Å². The Balaban J connectivity index is 2.17. The van der Waals surface area contributed by atoms with E-state index >= 15 is 0 Å². The minimum absolute atomic E-state index is 0.142. The van der Waals surface area contributed by atoms with Crippen LogP contribution in [-0.4, -0.2) is 5.78 Å². The van der Waals surface area contributed by atoms with Gasteiger partial charge in [0, 0.05) is 5.56 Å². The highest BCUT2D eigenvalue weighted by Gasteiger charge is 2.05. The molecule has 0 heterocycles. The molecule has 0 atom stereocenters. The standard InChI is InChI=1S/C16H20O/c1-13(17)14-9-11-16(12-10-14)15-7-5-3-2-4-6-8-15/h7,9-12H,2-6,8H2,1H3. The predicted molar refractivity (Wildman–Crippen MR) is 72.1 cm³/mol. The van der Waals surface area contributed by atoms with Crippen LogP contribution in [0.15, 0.2) is 30.3 Å². The Bertz CT molecular complexity index is 412. The van der Waals surface area contributed by atoms with E-state index in [1.807, 2.05) is 12.1 Å². The molecule has 1 aliphatic rings. The predicted octanol–water partition coefficient (Wildman–Crippen LogP) is 4.63. The number of hydrogen-bond acceptors (Lipinski definition) is 1. The Kier molecular flexibility index (Phi) is 4.13. The summed E-state index contributed by atoms with van der Waals surface area (Å²) in [5, 5.41) is 0. The van der Waals surface area contributed by atoms with Crippen LogP contribution in [0.1, 0.15) is 61.4 Å². The van der Waals surface area contributed by atoms with Crippen LogP contribution in [0.3, 0.4) is 0 Å². The Morgan fingerprint density at radius 3 is 2.41 bits per heavy atom. The van der Waals surface area contributed by atoms with Crippen LogP contribution >= 0.6 is 0 Å². The first-order valence-corrected chi connectivity index (χ1v) is 6.58. The molecular weight excluding hydrogens is 208 g/mol. The molecule has 90 valence electrons. The monoisotopic (exact) mass is 228 g/mol. The van der Waals surface area contributed by atoms with Gasteiger partial charge in [0.2, 0.25) is 0 Å². The highest BCUT2D eigenvalue weighted by molar-refractivity contribution is 5.94. The first-order chi connectivity index (χ1) is 8.27. The fraction of sp³-hybridized carbons (Fsp3) is 0.438. The molecule has 0 bridgehead atoms. The van der Waals surface area contributed by atoms with Gasteiger partial charge in [0.05, 0.1) is 0 Å². The van der Waals surface area contributed by atoms with E-state index in [9.17, 15) is 4.79 Å². The van der Waals surface area contributed by atoms with E-state index in [1.165, 1.54) is 49.7 Å². The van der Waals surface area contributed by atoms with Crippen LogP contribution < -0.4 is 0 Å². The van der Waals surface area contributed by atoms with Gasteiger partial charge in [-0.25, -0.2) is 0 Å². The molecule has 17 heavy (non-hydrogen) atoms. The van der Waals surface area contributed by atoms with Gasteiger partial charge in [-0.15, -0.1) is 0 Å². The lowest BCUT2D eigenvalue weighted by Crippen LogP contribution is -1.94. The van der Waals surface area contributed by atoms with Crippen molar-refractivity contribution in [1.29, 1.82) is 0 Å². The van der Waals surface area contributed by atoms with Crippen molar-refractivity contribution in [3.8, 4) is 0 Å². The maximum Gasteiger partial charge on any atom is 0.159 e. The summed E-state index contributed by atoms with van der Waals surface area (Å²) >= 11 is 0. The van der Waals surface area contributed by atoms with E-state index < -0.39 is 0 Å². The number of allylic oxidation sites excluding steroid dienone is 2. The van der Waals surface area contributed by atoms with Gasteiger partial charge in [-0.1, -0.05) is 43.2 Å². The fourth-order valence-electron chi connectivity index (χ4n) is 2.37. The maximum absolute atomic E-state index is 11.2. The summed E-state index contributed by atoms with van der Waals surface area (Å²) in [5.41, 5.74) is 3.55. The van der Waals surface area contributed by atoms with Crippen molar-refractivity contribution >= 4 is 11.4 Å². The SMILES string of the molecule is CC(=O)c1ccc(C2=CCCCCCC2)cc1. The molecule has 0 fully saturated rings. The molecule has 2 rings (SSSR count). The second-order valence-electron chi connectivity index (χ2n) is 4.82. The maximum atomic E-state index is 11.2. The van der Waals surface area contributed by atoms with Crippen LogP contribution in [0.25, 0.3) is 5.57 Å². The average molecular weight is 228 g/mol. The largest absolute Gasteiger partial charge is 0.295 e. The number of ketones is 1. The number of hydrogen-bond donors (Lipinski definition) is 0. The number of benzene rings is 1. The van der Waals surface area contributed by atoms with Crippen molar-refractivity contribution in [3.05, 3.63) is 41.5 Å². The first kappa shape index (κ1) is 12.1. The normalized spacial score (nSPS) is 16.9. The summed E-state index contributed by atoms with van der Waals surface area (Å²) < 4.78 is 0. The highest BCUT2D eigenvalue weighted by Crippen LogP contribution is 2.25. The van der Waals surface area contributed by atoms with Crippen molar-refractivity contribution in [2.75, 3.05) is 0 Å². The number of Topliss-reactive ketones (excluding diaryl/α,β-unsaturated/α-hetero) is 1. The molecule has 0 saturated carbocycles. The van der Waals surface area contributed by atoms with Crippen molar-refractivity contribution < 1.29 is 4.79 Å². The molecule has 1 aromatic carbocycles. The molecule has 0 unspecified atom stereocenters. The number of carbonyl (C=O) groups is 1. The lowest BCUT2D eigenvalue weighted by Gasteiger charge is -2.11. The Labute approximate surface area is 104 Å². The van der Waals surface area contributed by atoms with Gasteiger partial charge in [-0.05, 0) is 43.7 Å². The second kappa shape index (κ2) is 5.81. The van der Waals surface area contributed by atoms with Gasteiger partial charge in [-0.3, -0.25) is 4.79 Å². The second-order valence-corrected chi connectivity index (χ2v) is 4.82. The zero-order valence-corrected chi connectivity index (χ0v) is 10.5. The summed E-state index contributed by atoms with van der Waals surface area (Å²) in [7, 11) is 0. The highest BCUT2D eigenvalue weighted by atomic mass is 16.1. The van der Waals surface area contributed by atoms with Crippen LogP contribution in [0.4, 0.5) is 0 Å². The molecule has 1 aliphatic carbocycles. The zero-order valence-electron chi connectivity index (χ0n) is 10.5. The van der Waals surface area contributed by atoms with Crippen LogP contribution in [0, 0.1) is 0 Å². The molecule has 0 spiro atoms. The third-order valence-corrected chi connectivity index (χ3v) is 3.45. The Morgan fingerprint density at radius 2 is 1.71 bits per heavy atom. The first-order valence-electron chi connectivity index (χ1n) is 6.58. The van der Waals surface area contributed by atoms with Crippen molar-refractivity contribution in [2.45, 2.75) is 45.4 Å². The molecule has 0 amide bonds. The third-order valence-electron chi connectivity index (χ3n) is 3.45. The minimum atomic E-state index is 0.142. The molecule has 1 nitrogen and oxygen atoms in total. The smallest absolute Gasteiger partial charge is 0.159 e. The zero-order chi connectivity index (χ0) is 12.1. The Morgan fingerprint density at radius 1 is 1.00 bits per heavy atom. The van der Waals surface area contributed by atoms with Gasteiger partial charge in [0.15, 0.2) is 5.78 Å². The van der Waals surface area contributed by atoms with E-state index in [1.54, 1.807) is 6.92 Å². The van der Waals surface area contributed by atoms with Crippen molar-refractivity contribution in [1.82, 2.24) is 0 Å². The molecular formula is C16H20O. The summed E-state index contributed by atoms with van der Waals surface area (Å²) in [6.45, 7) is 1.62. The van der Waals surface area contributed by atoms with Gasteiger partial charge in [0.25, 0.3) is 0 Å². The average Bonchev–Trinajstić information content (AvgIpc) is 2.29. The van der Waals surface area contributed by atoms with E-state index in [0.717, 1.165) is 5.56 Å². The van der Waals surface area contributed by atoms with Crippen LogP contribution in [-0.2, 0) is 0 Å². The number of carbonyl (C=O) groups excluding carboxylic acids is 1. The summed E-state index contributed by atoms with van der Waals surface area (Å²) in [5.74, 6) is 0.142. The molecule has 0 N–H and O–H groups in total. The summed E-state index contributed by atoms with van der Waals surface area (Å²) in [4.78, 5) is 11.2. The van der Waals surface area contributed by atoms with Crippen molar-refractivity contribution in [3.63, 3.8) is 0 Å². The van der Waals surface area contributed by atoms with E-state index in [2.05, 4.69) is 18.2 Å². The third kappa shape index (κ3) is 3.29. The van der Waals surface area contributed by atoms with Gasteiger partial charge < -0.3 is 0 Å². The molecule has 0 aromatic heterocycles. The topological polar surface area (TPSA) is 17.1 Å². The summed E-state index contributed by atoms with van der Waals surface area (Å²) in [6.07, 6.45) is 10.1. The van der Waals surface area contributed by atoms with Crippen LogP contribution in [0.5, 0.6) is 0 Å². The van der Waals surface area contributed by atoms with Crippen LogP contribution in [0.2, 0.25) is 0 Å². The minimum Gasteiger partial charge on any atom is -0.295 e. The molecule has 0 saturated heterocycles. The molecule has 1 heteroatoms. The Hall–Kier alpha value is -1.37. The quantitative estimate of drug-likeness (QED) is 0.675. The lowest BCUT2D eigenvalue weighted by molar-refractivity contribution is 0.101. The molecule has 1 aromatic rings.